The number of carbonyl (C=O) groups excluding carboxylic acids is 2. The first-order valence-corrected chi connectivity index (χ1v) is 8.16. The van der Waals surface area contributed by atoms with E-state index in [0.29, 0.717) is 24.1 Å². The number of nitrogens with two attached hydrogens (primary N) is 1. The number of aryl methyl sites for hydroxylation is 2. The van der Waals surface area contributed by atoms with Crippen molar-refractivity contribution in [2.75, 3.05) is 18.1 Å². The molecule has 0 radical (unpaired) electrons. The smallest absolute Gasteiger partial charge is 0.271 e. The van der Waals surface area contributed by atoms with Gasteiger partial charge in [0.15, 0.2) is 0 Å². The van der Waals surface area contributed by atoms with Crippen LogP contribution in [0, 0.1) is 13.8 Å². The largest absolute Gasteiger partial charge is 0.334 e. The first-order chi connectivity index (χ1) is 11.0. The molecule has 1 aliphatic heterocycles. The molecule has 9 nitrogen and oxygen atoms in total. The van der Waals surface area contributed by atoms with Crippen LogP contribution < -0.4 is 5.84 Å². The van der Waals surface area contributed by atoms with Gasteiger partial charge in [-0.05, 0) is 26.3 Å². The molecule has 10 heteroatoms. The number of amides is 2. The summed E-state index contributed by atoms with van der Waals surface area (Å²) in [5.74, 6) is 6.13. The number of rotatable bonds is 4. The van der Waals surface area contributed by atoms with Crippen molar-refractivity contribution in [3.05, 3.63) is 17.5 Å². The highest BCUT2D eigenvalue weighted by Gasteiger charge is 2.26. The van der Waals surface area contributed by atoms with Crippen LogP contribution in [0.5, 0.6) is 0 Å². The van der Waals surface area contributed by atoms with Gasteiger partial charge in [0.2, 0.25) is 17.0 Å². The number of nitrogens with zero attached hydrogens (tertiary/aromatic N) is 6. The Morgan fingerprint density at radius 1 is 1.39 bits per heavy atom. The van der Waals surface area contributed by atoms with Crippen molar-refractivity contribution in [3.63, 3.8) is 0 Å². The van der Waals surface area contributed by atoms with Crippen LogP contribution in [-0.4, -0.2) is 53.7 Å². The van der Waals surface area contributed by atoms with Crippen LogP contribution in [0.1, 0.15) is 24.2 Å². The Labute approximate surface area is 136 Å². The van der Waals surface area contributed by atoms with Crippen molar-refractivity contribution in [1.29, 1.82) is 0 Å². The number of nitrogen functional groups attached to an aromatic ring is 1. The van der Waals surface area contributed by atoms with Crippen LogP contribution >= 0.6 is 11.8 Å². The third-order valence-electron chi connectivity index (χ3n) is 3.54. The normalized spacial score (nSPS) is 14.7. The number of hydrogen-bond acceptors (Lipinski definition) is 7. The molecule has 0 aliphatic carbocycles. The highest BCUT2D eigenvalue weighted by atomic mass is 32.2. The first kappa shape index (κ1) is 15.5. The summed E-state index contributed by atoms with van der Waals surface area (Å²) in [5.41, 5.74) is 1.74. The summed E-state index contributed by atoms with van der Waals surface area (Å²) < 4.78 is 2.89. The predicted octanol–water partition coefficient (Wildman–Crippen LogP) is 0.0355. The van der Waals surface area contributed by atoms with Crippen molar-refractivity contribution in [3.8, 4) is 5.95 Å². The highest BCUT2D eigenvalue weighted by molar-refractivity contribution is 7.99. The van der Waals surface area contributed by atoms with Gasteiger partial charge >= 0.3 is 0 Å². The Kier molecular flexibility index (Phi) is 4.07. The minimum atomic E-state index is -0.229. The van der Waals surface area contributed by atoms with Gasteiger partial charge < -0.3 is 5.84 Å². The lowest BCUT2D eigenvalue weighted by Gasteiger charge is -2.12. The molecule has 3 rings (SSSR count). The second-order valence-corrected chi connectivity index (χ2v) is 6.27. The molecule has 0 atom stereocenters. The van der Waals surface area contributed by atoms with Crippen LogP contribution in [0.2, 0.25) is 0 Å². The standard InChI is InChI=1S/C13H17N7O2S/c1-8-6-9(2)20(17-8)12-15-16-13(19(12)14)23-7-11(22)18-5-3-4-10(18)21/h6H,3-5,7,14H2,1-2H3. The third kappa shape index (κ3) is 2.93. The van der Waals surface area contributed by atoms with E-state index in [1.807, 2.05) is 19.9 Å². The Bertz CT molecular complexity index is 766. The van der Waals surface area contributed by atoms with Crippen LogP contribution in [0.3, 0.4) is 0 Å². The molecule has 0 unspecified atom stereocenters. The van der Waals surface area contributed by atoms with E-state index >= 15 is 0 Å². The molecule has 2 N–H and O–H groups in total. The second kappa shape index (κ2) is 6.03. The molecule has 2 amide bonds. The van der Waals surface area contributed by atoms with Crippen molar-refractivity contribution in [2.45, 2.75) is 31.8 Å². The average Bonchev–Trinajstić information content (AvgIpc) is 3.17. The van der Waals surface area contributed by atoms with Gasteiger partial charge in [0, 0.05) is 18.7 Å². The molecule has 3 heterocycles. The number of carbonyl (C=O) groups is 2. The van der Waals surface area contributed by atoms with Gasteiger partial charge in [-0.1, -0.05) is 11.8 Å². The van der Waals surface area contributed by atoms with E-state index in [0.717, 1.165) is 29.6 Å². The fourth-order valence-electron chi connectivity index (χ4n) is 2.46. The Balaban J connectivity index is 1.71. The number of thioether (sulfide) groups is 1. The van der Waals surface area contributed by atoms with Gasteiger partial charge in [-0.3, -0.25) is 14.5 Å². The van der Waals surface area contributed by atoms with E-state index in [1.54, 1.807) is 4.68 Å². The molecule has 2 aromatic rings. The quantitative estimate of drug-likeness (QED) is 0.620. The minimum Gasteiger partial charge on any atom is -0.334 e. The number of aromatic nitrogens is 5. The predicted molar refractivity (Wildman–Crippen MR) is 83.4 cm³/mol. The Morgan fingerprint density at radius 3 is 2.78 bits per heavy atom. The zero-order chi connectivity index (χ0) is 16.6. The number of hydrogen-bond donors (Lipinski definition) is 1. The minimum absolute atomic E-state index is 0.0954. The lowest BCUT2D eigenvalue weighted by Crippen LogP contribution is -2.33. The first-order valence-electron chi connectivity index (χ1n) is 7.17. The molecule has 1 saturated heterocycles. The zero-order valence-corrected chi connectivity index (χ0v) is 13.7. The van der Waals surface area contributed by atoms with E-state index < -0.39 is 0 Å². The summed E-state index contributed by atoms with van der Waals surface area (Å²) in [5, 5.41) is 12.7. The molecular weight excluding hydrogens is 318 g/mol. The summed E-state index contributed by atoms with van der Waals surface area (Å²) in [6.07, 6.45) is 1.16. The fourth-order valence-corrected chi connectivity index (χ4v) is 3.19. The van der Waals surface area contributed by atoms with E-state index in [9.17, 15) is 9.59 Å². The molecule has 1 aliphatic rings. The molecule has 0 bridgehead atoms. The summed E-state index contributed by atoms with van der Waals surface area (Å²) in [7, 11) is 0. The van der Waals surface area contributed by atoms with Crippen molar-refractivity contribution >= 4 is 23.6 Å². The Hall–Kier alpha value is -2.36. The monoisotopic (exact) mass is 335 g/mol. The van der Waals surface area contributed by atoms with Crippen LogP contribution in [0.4, 0.5) is 0 Å². The third-order valence-corrected chi connectivity index (χ3v) is 4.47. The van der Waals surface area contributed by atoms with Crippen molar-refractivity contribution in [2.24, 2.45) is 0 Å². The van der Waals surface area contributed by atoms with Gasteiger partial charge in [0.25, 0.3) is 5.95 Å². The zero-order valence-electron chi connectivity index (χ0n) is 12.9. The maximum atomic E-state index is 12.0. The fraction of sp³-hybridized carbons (Fsp3) is 0.462. The van der Waals surface area contributed by atoms with Crippen LogP contribution in [0.15, 0.2) is 11.2 Å². The SMILES string of the molecule is Cc1cc(C)n(-c2nnc(SCC(=O)N3CCCC3=O)n2N)n1. The lowest BCUT2D eigenvalue weighted by molar-refractivity contribution is -0.140. The molecule has 1 fully saturated rings. The molecule has 0 aromatic carbocycles. The summed E-state index contributed by atoms with van der Waals surface area (Å²) in [4.78, 5) is 24.9. The van der Waals surface area contributed by atoms with Gasteiger partial charge in [-0.2, -0.15) is 5.10 Å². The second-order valence-electron chi connectivity index (χ2n) is 5.32. The van der Waals surface area contributed by atoms with Gasteiger partial charge in [-0.25, -0.2) is 9.36 Å². The summed E-state index contributed by atoms with van der Waals surface area (Å²) in [6, 6.07) is 1.91. The molecule has 2 aromatic heterocycles. The van der Waals surface area contributed by atoms with E-state index in [-0.39, 0.29) is 17.6 Å². The molecular formula is C13H17N7O2S. The number of likely N-dealkylation sites (tertiary alicyclic amines) is 1. The van der Waals surface area contributed by atoms with Crippen LogP contribution in [-0.2, 0) is 9.59 Å². The molecule has 122 valence electrons. The van der Waals surface area contributed by atoms with Gasteiger partial charge in [0.1, 0.15) is 0 Å². The topological polar surface area (TPSA) is 112 Å². The lowest BCUT2D eigenvalue weighted by atomic mass is 10.4. The molecule has 0 saturated carbocycles. The van der Waals surface area contributed by atoms with Crippen molar-refractivity contribution < 1.29 is 9.59 Å². The molecule has 23 heavy (non-hydrogen) atoms. The highest BCUT2D eigenvalue weighted by Crippen LogP contribution is 2.19. The number of imide groups is 1. The molecule has 0 spiro atoms. The van der Waals surface area contributed by atoms with Crippen molar-refractivity contribution in [1.82, 2.24) is 29.6 Å². The van der Waals surface area contributed by atoms with E-state index in [4.69, 9.17) is 5.84 Å². The van der Waals surface area contributed by atoms with Gasteiger partial charge in [-0.15, -0.1) is 10.2 Å². The van der Waals surface area contributed by atoms with E-state index in [2.05, 4.69) is 15.3 Å². The summed E-state index contributed by atoms with van der Waals surface area (Å²) >= 11 is 1.15. The average molecular weight is 335 g/mol. The Morgan fingerprint density at radius 2 is 2.17 bits per heavy atom. The summed E-state index contributed by atoms with van der Waals surface area (Å²) in [6.45, 7) is 4.26. The van der Waals surface area contributed by atoms with Crippen LogP contribution in [0.25, 0.3) is 5.95 Å². The van der Waals surface area contributed by atoms with Gasteiger partial charge in [0.05, 0.1) is 11.4 Å². The maximum Gasteiger partial charge on any atom is 0.271 e. The maximum absolute atomic E-state index is 12.0. The van der Waals surface area contributed by atoms with E-state index in [1.165, 1.54) is 9.58 Å².